The van der Waals surface area contributed by atoms with Gasteiger partial charge in [0.25, 0.3) is 0 Å². The number of rotatable bonds is 2. The fourth-order valence-electron chi connectivity index (χ4n) is 3.34. The minimum Gasteiger partial charge on any atom is -0.299 e. The van der Waals surface area contributed by atoms with Crippen LogP contribution >= 0.6 is 0 Å². The molecule has 2 saturated heterocycles. The van der Waals surface area contributed by atoms with E-state index in [9.17, 15) is 0 Å². The van der Waals surface area contributed by atoms with Crippen molar-refractivity contribution in [2.24, 2.45) is 0 Å². The SMILES string of the molecule is c1cncc(CN2CCCN3CCCCC3C2)c1. The van der Waals surface area contributed by atoms with Crippen LogP contribution in [0.2, 0.25) is 0 Å². The third-order valence-electron chi connectivity index (χ3n) is 4.27. The molecule has 3 heterocycles. The van der Waals surface area contributed by atoms with E-state index in [1.165, 1.54) is 57.4 Å². The summed E-state index contributed by atoms with van der Waals surface area (Å²) in [7, 11) is 0. The van der Waals surface area contributed by atoms with E-state index in [2.05, 4.69) is 20.9 Å². The summed E-state index contributed by atoms with van der Waals surface area (Å²) in [6.45, 7) is 6.18. The molecule has 0 spiro atoms. The van der Waals surface area contributed by atoms with Gasteiger partial charge in [-0.25, -0.2) is 0 Å². The molecule has 1 unspecified atom stereocenters. The van der Waals surface area contributed by atoms with Crippen LogP contribution in [0.1, 0.15) is 31.2 Å². The lowest BCUT2D eigenvalue weighted by molar-refractivity contribution is 0.135. The third-order valence-corrected chi connectivity index (χ3v) is 4.27. The summed E-state index contributed by atoms with van der Waals surface area (Å²) in [4.78, 5) is 9.55. The van der Waals surface area contributed by atoms with Crippen LogP contribution in [0.4, 0.5) is 0 Å². The Hall–Kier alpha value is -0.930. The first-order chi connectivity index (χ1) is 8.92. The van der Waals surface area contributed by atoms with Gasteiger partial charge in [0.15, 0.2) is 0 Å². The standard InChI is InChI=1S/C15H23N3/c1-2-9-18-10-4-8-17(13-15(18)6-1)12-14-5-3-7-16-11-14/h3,5,7,11,15H,1-2,4,6,8-10,12-13H2. The molecule has 2 fully saturated rings. The Kier molecular flexibility index (Phi) is 3.91. The van der Waals surface area contributed by atoms with E-state index in [0.717, 1.165) is 12.6 Å². The summed E-state index contributed by atoms with van der Waals surface area (Å²) in [5, 5.41) is 0. The summed E-state index contributed by atoms with van der Waals surface area (Å²) >= 11 is 0. The minimum atomic E-state index is 0.804. The molecular weight excluding hydrogens is 222 g/mol. The molecule has 0 amide bonds. The lowest BCUT2D eigenvalue weighted by Gasteiger charge is -2.35. The predicted molar refractivity (Wildman–Crippen MR) is 73.3 cm³/mol. The van der Waals surface area contributed by atoms with E-state index in [1.54, 1.807) is 0 Å². The van der Waals surface area contributed by atoms with Crippen molar-refractivity contribution in [2.45, 2.75) is 38.3 Å². The van der Waals surface area contributed by atoms with Crippen LogP contribution in [0.25, 0.3) is 0 Å². The van der Waals surface area contributed by atoms with Crippen molar-refractivity contribution in [3.63, 3.8) is 0 Å². The maximum Gasteiger partial charge on any atom is 0.0312 e. The van der Waals surface area contributed by atoms with Gasteiger partial charge in [-0.15, -0.1) is 0 Å². The number of hydrogen-bond donors (Lipinski definition) is 0. The van der Waals surface area contributed by atoms with Gasteiger partial charge in [0.05, 0.1) is 0 Å². The second kappa shape index (κ2) is 5.81. The monoisotopic (exact) mass is 245 g/mol. The average molecular weight is 245 g/mol. The zero-order valence-electron chi connectivity index (χ0n) is 11.1. The highest BCUT2D eigenvalue weighted by atomic mass is 15.2. The third kappa shape index (κ3) is 2.90. The molecule has 98 valence electrons. The number of aromatic nitrogens is 1. The molecule has 0 aliphatic carbocycles. The summed E-state index contributed by atoms with van der Waals surface area (Å²) in [5.41, 5.74) is 1.35. The van der Waals surface area contributed by atoms with E-state index >= 15 is 0 Å². The molecule has 3 nitrogen and oxygen atoms in total. The number of fused-ring (bicyclic) bond motifs is 1. The van der Waals surface area contributed by atoms with Crippen molar-refractivity contribution in [3.8, 4) is 0 Å². The Morgan fingerprint density at radius 3 is 3.00 bits per heavy atom. The van der Waals surface area contributed by atoms with Gasteiger partial charge in [0, 0.05) is 31.5 Å². The van der Waals surface area contributed by atoms with Gasteiger partial charge in [0.1, 0.15) is 0 Å². The molecular formula is C15H23N3. The van der Waals surface area contributed by atoms with Crippen molar-refractivity contribution in [3.05, 3.63) is 30.1 Å². The Morgan fingerprint density at radius 1 is 1.17 bits per heavy atom. The van der Waals surface area contributed by atoms with Gasteiger partial charge in [-0.1, -0.05) is 12.5 Å². The molecule has 0 bridgehead atoms. The predicted octanol–water partition coefficient (Wildman–Crippen LogP) is 2.14. The molecule has 1 aromatic rings. The number of pyridine rings is 1. The van der Waals surface area contributed by atoms with E-state index in [0.29, 0.717) is 0 Å². The number of hydrogen-bond acceptors (Lipinski definition) is 3. The molecule has 0 saturated carbocycles. The van der Waals surface area contributed by atoms with E-state index < -0.39 is 0 Å². The van der Waals surface area contributed by atoms with E-state index in [4.69, 9.17) is 0 Å². The normalized spacial score (nSPS) is 26.6. The van der Waals surface area contributed by atoms with Crippen molar-refractivity contribution >= 4 is 0 Å². The Labute approximate surface area is 110 Å². The zero-order valence-corrected chi connectivity index (χ0v) is 11.1. The van der Waals surface area contributed by atoms with Gasteiger partial charge in [0.2, 0.25) is 0 Å². The number of nitrogens with zero attached hydrogens (tertiary/aromatic N) is 3. The van der Waals surface area contributed by atoms with Crippen molar-refractivity contribution in [1.29, 1.82) is 0 Å². The van der Waals surface area contributed by atoms with Crippen LogP contribution in [0, 0.1) is 0 Å². The first-order valence-electron chi connectivity index (χ1n) is 7.27. The number of piperidine rings is 1. The van der Waals surface area contributed by atoms with E-state index in [1.807, 2.05) is 18.5 Å². The van der Waals surface area contributed by atoms with Gasteiger partial charge in [-0.3, -0.25) is 14.8 Å². The molecule has 18 heavy (non-hydrogen) atoms. The lowest BCUT2D eigenvalue weighted by Crippen LogP contribution is -2.43. The quantitative estimate of drug-likeness (QED) is 0.796. The molecule has 1 aromatic heterocycles. The fraction of sp³-hybridized carbons (Fsp3) is 0.667. The highest BCUT2D eigenvalue weighted by molar-refractivity contribution is 5.08. The Balaban J connectivity index is 1.63. The maximum atomic E-state index is 4.22. The second-order valence-corrected chi connectivity index (χ2v) is 5.64. The molecule has 0 radical (unpaired) electrons. The van der Waals surface area contributed by atoms with Gasteiger partial charge < -0.3 is 0 Å². The van der Waals surface area contributed by atoms with Crippen molar-refractivity contribution in [2.75, 3.05) is 26.2 Å². The highest BCUT2D eigenvalue weighted by Crippen LogP contribution is 2.21. The summed E-state index contributed by atoms with van der Waals surface area (Å²) in [6.07, 6.45) is 9.39. The molecule has 0 aromatic carbocycles. The molecule has 1 atom stereocenters. The molecule has 3 heteroatoms. The van der Waals surface area contributed by atoms with Crippen LogP contribution in [0.15, 0.2) is 24.5 Å². The molecule has 2 aliphatic heterocycles. The lowest BCUT2D eigenvalue weighted by atomic mass is 10.0. The van der Waals surface area contributed by atoms with Crippen LogP contribution in [-0.2, 0) is 6.54 Å². The molecule has 3 rings (SSSR count). The van der Waals surface area contributed by atoms with Crippen LogP contribution in [0.5, 0.6) is 0 Å². The van der Waals surface area contributed by atoms with Crippen molar-refractivity contribution in [1.82, 2.24) is 14.8 Å². The molecule has 0 N–H and O–H groups in total. The highest BCUT2D eigenvalue weighted by Gasteiger charge is 2.26. The van der Waals surface area contributed by atoms with E-state index in [-0.39, 0.29) is 0 Å². The fourth-order valence-corrected chi connectivity index (χ4v) is 3.34. The van der Waals surface area contributed by atoms with Gasteiger partial charge >= 0.3 is 0 Å². The topological polar surface area (TPSA) is 19.4 Å². The second-order valence-electron chi connectivity index (χ2n) is 5.64. The Bertz CT molecular complexity index is 365. The summed E-state index contributed by atoms with van der Waals surface area (Å²) < 4.78 is 0. The van der Waals surface area contributed by atoms with Crippen LogP contribution in [-0.4, -0.2) is 47.0 Å². The summed E-state index contributed by atoms with van der Waals surface area (Å²) in [6, 6.07) is 5.04. The first kappa shape index (κ1) is 12.1. The van der Waals surface area contributed by atoms with Crippen LogP contribution < -0.4 is 0 Å². The Morgan fingerprint density at radius 2 is 2.11 bits per heavy atom. The first-order valence-corrected chi connectivity index (χ1v) is 7.27. The van der Waals surface area contributed by atoms with Gasteiger partial charge in [-0.05, 0) is 50.5 Å². The smallest absolute Gasteiger partial charge is 0.0312 e. The largest absolute Gasteiger partial charge is 0.299 e. The zero-order chi connectivity index (χ0) is 12.2. The molecule has 2 aliphatic rings. The van der Waals surface area contributed by atoms with Gasteiger partial charge in [-0.2, -0.15) is 0 Å². The average Bonchev–Trinajstić information content (AvgIpc) is 2.61. The maximum absolute atomic E-state index is 4.22. The minimum absolute atomic E-state index is 0.804. The van der Waals surface area contributed by atoms with Crippen LogP contribution in [0.3, 0.4) is 0 Å². The summed E-state index contributed by atoms with van der Waals surface area (Å²) in [5.74, 6) is 0. The van der Waals surface area contributed by atoms with Crippen molar-refractivity contribution < 1.29 is 0 Å².